The Kier molecular flexibility index (Phi) is 4.85. The Balaban J connectivity index is 1.54. The molecule has 24 heavy (non-hydrogen) atoms. The Morgan fingerprint density at radius 2 is 1.96 bits per heavy atom. The van der Waals surface area contributed by atoms with Crippen LogP contribution in [0, 0.1) is 11.3 Å². The minimum absolute atomic E-state index is 0.164. The summed E-state index contributed by atoms with van der Waals surface area (Å²) in [4.78, 5) is 3.74. The Labute approximate surface area is 139 Å². The van der Waals surface area contributed by atoms with Crippen LogP contribution < -0.4 is 10.2 Å². The maximum absolute atomic E-state index is 8.81. The van der Waals surface area contributed by atoms with Crippen LogP contribution >= 0.6 is 0 Å². The number of anilines is 1. The van der Waals surface area contributed by atoms with Crippen molar-refractivity contribution in [1.82, 2.24) is 4.98 Å². The van der Waals surface area contributed by atoms with Crippen LogP contribution in [0.4, 0.5) is 5.88 Å². The van der Waals surface area contributed by atoms with Crippen LogP contribution in [0.5, 0.6) is 5.75 Å². The van der Waals surface area contributed by atoms with Gasteiger partial charge in [-0.25, -0.2) is 10.4 Å². The van der Waals surface area contributed by atoms with Crippen molar-refractivity contribution in [2.24, 2.45) is 5.10 Å². The van der Waals surface area contributed by atoms with E-state index in [0.717, 1.165) is 16.9 Å². The van der Waals surface area contributed by atoms with E-state index >= 15 is 0 Å². The summed E-state index contributed by atoms with van der Waals surface area (Å²) in [7, 11) is 0. The van der Waals surface area contributed by atoms with Gasteiger partial charge in [0, 0.05) is 0 Å². The lowest BCUT2D eigenvalue weighted by molar-refractivity contribution is 0.306. The fraction of sp³-hybridized carbons (Fsp3) is 0.0556. The molecule has 0 amide bonds. The van der Waals surface area contributed by atoms with Gasteiger partial charge in [-0.2, -0.15) is 10.4 Å². The van der Waals surface area contributed by atoms with Gasteiger partial charge in [0.15, 0.2) is 6.39 Å². The summed E-state index contributed by atoms with van der Waals surface area (Å²) in [5.74, 6) is 1.00. The van der Waals surface area contributed by atoms with Crippen molar-refractivity contribution in [3.05, 3.63) is 77.8 Å². The van der Waals surface area contributed by atoms with Crippen molar-refractivity contribution in [3.8, 4) is 11.8 Å². The van der Waals surface area contributed by atoms with Crippen molar-refractivity contribution < 1.29 is 9.15 Å². The highest BCUT2D eigenvalue weighted by Crippen LogP contribution is 2.14. The molecule has 0 unspecified atom stereocenters. The van der Waals surface area contributed by atoms with Crippen molar-refractivity contribution in [2.45, 2.75) is 6.61 Å². The SMILES string of the molecule is N#Cc1ncoc1N/N=C/c1ccc(OCc2ccccc2)cc1. The quantitative estimate of drug-likeness (QED) is 0.555. The van der Waals surface area contributed by atoms with Gasteiger partial charge in [0.25, 0.3) is 5.88 Å². The van der Waals surface area contributed by atoms with Crippen LogP contribution in [-0.4, -0.2) is 11.2 Å². The van der Waals surface area contributed by atoms with E-state index in [1.807, 2.05) is 60.7 Å². The van der Waals surface area contributed by atoms with Gasteiger partial charge in [0.05, 0.1) is 6.21 Å². The number of benzene rings is 2. The average Bonchev–Trinajstić information content (AvgIpc) is 3.09. The van der Waals surface area contributed by atoms with Gasteiger partial charge in [0.1, 0.15) is 18.4 Å². The topological polar surface area (TPSA) is 83.4 Å². The summed E-state index contributed by atoms with van der Waals surface area (Å²) in [5.41, 5.74) is 4.80. The highest BCUT2D eigenvalue weighted by Gasteiger charge is 2.04. The lowest BCUT2D eigenvalue weighted by Crippen LogP contribution is -1.95. The predicted octanol–water partition coefficient (Wildman–Crippen LogP) is 3.57. The molecule has 3 aromatic rings. The van der Waals surface area contributed by atoms with E-state index in [4.69, 9.17) is 14.4 Å². The van der Waals surface area contributed by atoms with E-state index < -0.39 is 0 Å². The number of hydrazone groups is 1. The van der Waals surface area contributed by atoms with Gasteiger partial charge in [-0.15, -0.1) is 0 Å². The molecule has 0 aliphatic carbocycles. The molecule has 0 aliphatic heterocycles. The monoisotopic (exact) mass is 318 g/mol. The maximum atomic E-state index is 8.81. The van der Waals surface area contributed by atoms with E-state index in [1.54, 1.807) is 6.21 Å². The number of nitrogens with one attached hydrogen (secondary N) is 1. The van der Waals surface area contributed by atoms with Crippen LogP contribution in [0.25, 0.3) is 0 Å². The number of nitriles is 1. The van der Waals surface area contributed by atoms with E-state index in [2.05, 4.69) is 15.5 Å². The fourth-order valence-electron chi connectivity index (χ4n) is 1.96. The standard InChI is InChI=1S/C18H14N4O2/c19-10-17-18(24-13-20-17)22-21-11-14-6-8-16(9-7-14)23-12-15-4-2-1-3-5-15/h1-9,11,13,22H,12H2/b21-11+. The summed E-state index contributed by atoms with van der Waals surface area (Å²) >= 11 is 0. The normalized spacial score (nSPS) is 10.5. The highest BCUT2D eigenvalue weighted by molar-refractivity contribution is 5.80. The largest absolute Gasteiger partial charge is 0.489 e. The van der Waals surface area contributed by atoms with Crippen molar-refractivity contribution in [2.75, 3.05) is 5.43 Å². The third-order valence-corrected chi connectivity index (χ3v) is 3.18. The molecular weight excluding hydrogens is 304 g/mol. The number of hydrogen-bond acceptors (Lipinski definition) is 6. The molecule has 6 nitrogen and oxygen atoms in total. The summed E-state index contributed by atoms with van der Waals surface area (Å²) in [6.45, 7) is 0.526. The minimum atomic E-state index is 0.164. The van der Waals surface area contributed by atoms with Gasteiger partial charge in [-0.3, -0.25) is 0 Å². The first-order chi connectivity index (χ1) is 11.8. The number of oxazole rings is 1. The first-order valence-corrected chi connectivity index (χ1v) is 7.24. The first-order valence-electron chi connectivity index (χ1n) is 7.24. The third-order valence-electron chi connectivity index (χ3n) is 3.18. The zero-order valence-electron chi connectivity index (χ0n) is 12.7. The summed E-state index contributed by atoms with van der Waals surface area (Å²) < 4.78 is 10.7. The molecule has 0 aliphatic rings. The maximum Gasteiger partial charge on any atom is 0.251 e. The second kappa shape index (κ2) is 7.61. The zero-order valence-corrected chi connectivity index (χ0v) is 12.7. The van der Waals surface area contributed by atoms with Crippen LogP contribution in [0.3, 0.4) is 0 Å². The van der Waals surface area contributed by atoms with E-state index in [0.29, 0.717) is 6.61 Å². The van der Waals surface area contributed by atoms with Gasteiger partial charge < -0.3 is 9.15 Å². The van der Waals surface area contributed by atoms with Gasteiger partial charge in [-0.1, -0.05) is 30.3 Å². The third kappa shape index (κ3) is 3.99. The predicted molar refractivity (Wildman–Crippen MR) is 89.7 cm³/mol. The Hall–Kier alpha value is -3.59. The highest BCUT2D eigenvalue weighted by atomic mass is 16.5. The molecule has 2 aromatic carbocycles. The molecule has 118 valence electrons. The van der Waals surface area contributed by atoms with Gasteiger partial charge in [-0.05, 0) is 35.4 Å². The molecular formula is C18H14N4O2. The van der Waals surface area contributed by atoms with Crippen LogP contribution in [0.15, 0.2) is 70.5 Å². The minimum Gasteiger partial charge on any atom is -0.489 e. The molecule has 0 saturated carbocycles. The second-order valence-corrected chi connectivity index (χ2v) is 4.86. The van der Waals surface area contributed by atoms with Crippen LogP contribution in [0.2, 0.25) is 0 Å². The van der Waals surface area contributed by atoms with Crippen molar-refractivity contribution in [1.29, 1.82) is 5.26 Å². The summed E-state index contributed by atoms with van der Waals surface area (Å²) in [5, 5.41) is 12.8. The number of nitrogens with zero attached hydrogens (tertiary/aromatic N) is 3. The molecule has 0 radical (unpaired) electrons. The molecule has 0 fully saturated rings. The Morgan fingerprint density at radius 3 is 2.71 bits per heavy atom. The molecule has 1 N–H and O–H groups in total. The summed E-state index contributed by atoms with van der Waals surface area (Å²) in [6, 6.07) is 19.4. The molecule has 6 heteroatoms. The van der Waals surface area contributed by atoms with E-state index in [-0.39, 0.29) is 11.6 Å². The van der Waals surface area contributed by atoms with Crippen molar-refractivity contribution >= 4 is 12.1 Å². The van der Waals surface area contributed by atoms with Crippen molar-refractivity contribution in [3.63, 3.8) is 0 Å². The van der Waals surface area contributed by atoms with Crippen LogP contribution in [-0.2, 0) is 6.61 Å². The van der Waals surface area contributed by atoms with Gasteiger partial charge in [0.2, 0.25) is 5.69 Å². The number of ether oxygens (including phenoxy) is 1. The first kappa shape index (κ1) is 15.3. The summed E-state index contributed by atoms with van der Waals surface area (Å²) in [6.07, 6.45) is 2.81. The number of rotatable bonds is 6. The van der Waals surface area contributed by atoms with Crippen LogP contribution in [0.1, 0.15) is 16.8 Å². The molecule has 1 heterocycles. The Morgan fingerprint density at radius 1 is 1.17 bits per heavy atom. The van der Waals surface area contributed by atoms with E-state index in [1.165, 1.54) is 6.39 Å². The molecule has 0 atom stereocenters. The molecule has 0 saturated heterocycles. The second-order valence-electron chi connectivity index (χ2n) is 4.86. The average molecular weight is 318 g/mol. The Bertz CT molecular complexity index is 849. The molecule has 0 bridgehead atoms. The lowest BCUT2D eigenvalue weighted by Gasteiger charge is -2.06. The van der Waals surface area contributed by atoms with Gasteiger partial charge >= 0.3 is 0 Å². The number of aromatic nitrogens is 1. The smallest absolute Gasteiger partial charge is 0.251 e. The molecule has 0 spiro atoms. The number of hydrogen-bond donors (Lipinski definition) is 1. The zero-order chi connectivity index (χ0) is 16.6. The lowest BCUT2D eigenvalue weighted by atomic mass is 10.2. The molecule has 3 rings (SSSR count). The molecule has 1 aromatic heterocycles. The fourth-order valence-corrected chi connectivity index (χ4v) is 1.96. The van der Waals surface area contributed by atoms with E-state index in [9.17, 15) is 0 Å².